The summed E-state index contributed by atoms with van der Waals surface area (Å²) in [4.78, 5) is 2.42. The molecule has 49 heavy (non-hydrogen) atoms. The van der Waals surface area contributed by atoms with Crippen molar-refractivity contribution in [3.8, 4) is 22.3 Å². The first-order valence-electron chi connectivity index (χ1n) is 16.6. The van der Waals surface area contributed by atoms with Gasteiger partial charge in [0.25, 0.3) is 0 Å². The van der Waals surface area contributed by atoms with Crippen LogP contribution >= 0.6 is 11.3 Å². The lowest BCUT2D eigenvalue weighted by atomic mass is 9.97. The van der Waals surface area contributed by atoms with Crippen LogP contribution in [0.3, 0.4) is 0 Å². The van der Waals surface area contributed by atoms with Crippen molar-refractivity contribution < 1.29 is 4.42 Å². The van der Waals surface area contributed by atoms with Gasteiger partial charge in [-0.3, -0.25) is 0 Å². The van der Waals surface area contributed by atoms with Gasteiger partial charge < -0.3 is 9.32 Å². The topological polar surface area (TPSA) is 16.4 Å². The number of rotatable bonds is 5. The third-order valence-corrected chi connectivity index (χ3v) is 10.8. The van der Waals surface area contributed by atoms with Crippen LogP contribution in [0.4, 0.5) is 17.1 Å². The number of fused-ring (bicyclic) bond motifs is 7. The van der Waals surface area contributed by atoms with E-state index in [1.165, 1.54) is 53.3 Å². The highest BCUT2D eigenvalue weighted by Crippen LogP contribution is 2.46. The van der Waals surface area contributed by atoms with E-state index in [1.54, 1.807) is 0 Å². The predicted octanol–water partition coefficient (Wildman–Crippen LogP) is 13.9. The molecule has 2 nitrogen and oxygen atoms in total. The molecule has 0 bridgehead atoms. The number of nitrogens with zero attached hydrogens (tertiary/aromatic N) is 1. The molecule has 0 aliphatic carbocycles. The second kappa shape index (κ2) is 11.2. The second-order valence-corrected chi connectivity index (χ2v) is 13.6. The number of benzene rings is 8. The highest BCUT2D eigenvalue weighted by Gasteiger charge is 2.20. The first-order valence-corrected chi connectivity index (χ1v) is 17.4. The zero-order valence-corrected chi connectivity index (χ0v) is 27.3. The van der Waals surface area contributed by atoms with Crippen molar-refractivity contribution in [1.29, 1.82) is 0 Å². The Morgan fingerprint density at radius 2 is 1.08 bits per heavy atom. The molecular formula is C46H29NOS. The Bertz CT molecular complexity index is 2840. The van der Waals surface area contributed by atoms with Gasteiger partial charge in [-0.15, -0.1) is 11.3 Å². The Kier molecular flexibility index (Phi) is 6.39. The predicted molar refractivity (Wildman–Crippen MR) is 210 cm³/mol. The fourth-order valence-corrected chi connectivity index (χ4v) is 8.59. The molecule has 0 saturated carbocycles. The van der Waals surface area contributed by atoms with Crippen molar-refractivity contribution in [2.75, 3.05) is 4.90 Å². The minimum Gasteiger partial charge on any atom is -0.456 e. The maximum absolute atomic E-state index is 6.23. The summed E-state index contributed by atoms with van der Waals surface area (Å²) in [5, 5.41) is 7.35. The largest absolute Gasteiger partial charge is 0.456 e. The van der Waals surface area contributed by atoms with Gasteiger partial charge in [-0.1, -0.05) is 121 Å². The summed E-state index contributed by atoms with van der Waals surface area (Å²) in [7, 11) is 0. The summed E-state index contributed by atoms with van der Waals surface area (Å²) in [6, 6.07) is 63.3. The van der Waals surface area contributed by atoms with Crippen LogP contribution < -0.4 is 4.90 Å². The molecule has 2 heterocycles. The molecule has 0 aliphatic rings. The van der Waals surface area contributed by atoms with Gasteiger partial charge in [0.05, 0.1) is 5.69 Å². The van der Waals surface area contributed by atoms with Crippen molar-refractivity contribution in [3.63, 3.8) is 0 Å². The van der Waals surface area contributed by atoms with Crippen molar-refractivity contribution in [2.24, 2.45) is 0 Å². The molecule has 3 heteroatoms. The molecule has 0 saturated heterocycles. The van der Waals surface area contributed by atoms with E-state index in [0.717, 1.165) is 38.9 Å². The van der Waals surface area contributed by atoms with Gasteiger partial charge >= 0.3 is 0 Å². The molecule has 2 aromatic heterocycles. The van der Waals surface area contributed by atoms with Gasteiger partial charge in [0.1, 0.15) is 11.2 Å². The van der Waals surface area contributed by atoms with Gasteiger partial charge in [-0.05, 0) is 87.6 Å². The number of furan rings is 1. The fourth-order valence-electron chi connectivity index (χ4n) is 7.46. The quantitative estimate of drug-likeness (QED) is 0.186. The van der Waals surface area contributed by atoms with Crippen LogP contribution in [0, 0.1) is 0 Å². The first kappa shape index (κ1) is 27.9. The standard InChI is InChI=1S/C46H29NOS/c1-2-15-35-30(11-1)12-8-18-36(35)32-13-7-14-34(29-32)47(40-20-10-24-44-46(40)39-17-4-6-23-43(39)49-44)33-27-25-31(26-28-33)37-19-9-22-42-45(37)38-16-3-5-21-41(38)48-42/h1-29H. The van der Waals surface area contributed by atoms with Gasteiger partial charge in [0.2, 0.25) is 0 Å². The van der Waals surface area contributed by atoms with Crippen LogP contribution in [0.2, 0.25) is 0 Å². The third kappa shape index (κ3) is 4.55. The van der Waals surface area contributed by atoms with E-state index in [-0.39, 0.29) is 0 Å². The highest BCUT2D eigenvalue weighted by atomic mass is 32.1. The van der Waals surface area contributed by atoms with E-state index in [9.17, 15) is 0 Å². The van der Waals surface area contributed by atoms with Gasteiger partial charge in [-0.2, -0.15) is 0 Å². The molecule has 0 amide bonds. The fraction of sp³-hybridized carbons (Fsp3) is 0. The lowest BCUT2D eigenvalue weighted by molar-refractivity contribution is 0.669. The molecule has 0 aliphatic heterocycles. The van der Waals surface area contributed by atoms with Crippen LogP contribution in [0.5, 0.6) is 0 Å². The van der Waals surface area contributed by atoms with E-state index in [0.29, 0.717) is 0 Å². The molecule has 230 valence electrons. The molecular weight excluding hydrogens is 615 g/mol. The lowest BCUT2D eigenvalue weighted by Crippen LogP contribution is -2.10. The molecule has 8 aromatic carbocycles. The summed E-state index contributed by atoms with van der Waals surface area (Å²) in [6.07, 6.45) is 0. The molecule has 10 rings (SSSR count). The maximum Gasteiger partial charge on any atom is 0.136 e. The van der Waals surface area contributed by atoms with Gasteiger partial charge in [0.15, 0.2) is 0 Å². The minimum absolute atomic E-state index is 0.908. The molecule has 10 aromatic rings. The molecule has 0 atom stereocenters. The van der Waals surface area contributed by atoms with Crippen LogP contribution in [0.25, 0.3) is 75.1 Å². The molecule has 0 spiro atoms. The van der Waals surface area contributed by atoms with Crippen molar-refractivity contribution in [3.05, 3.63) is 176 Å². The summed E-state index contributed by atoms with van der Waals surface area (Å²) in [6.45, 7) is 0. The lowest BCUT2D eigenvalue weighted by Gasteiger charge is -2.27. The Morgan fingerprint density at radius 3 is 2.00 bits per heavy atom. The number of thiophene rings is 1. The summed E-state index contributed by atoms with van der Waals surface area (Å²) in [5.74, 6) is 0. The monoisotopic (exact) mass is 643 g/mol. The normalized spacial score (nSPS) is 11.7. The van der Waals surface area contributed by atoms with E-state index < -0.39 is 0 Å². The van der Waals surface area contributed by atoms with Gasteiger partial charge in [0, 0.05) is 42.3 Å². The van der Waals surface area contributed by atoms with Crippen LogP contribution in [0.1, 0.15) is 0 Å². The van der Waals surface area contributed by atoms with E-state index in [4.69, 9.17) is 4.42 Å². The number of anilines is 3. The molecule has 0 radical (unpaired) electrons. The minimum atomic E-state index is 0.908. The van der Waals surface area contributed by atoms with Gasteiger partial charge in [-0.25, -0.2) is 0 Å². The van der Waals surface area contributed by atoms with E-state index in [1.807, 2.05) is 23.5 Å². The Balaban J connectivity index is 1.17. The Morgan fingerprint density at radius 1 is 0.408 bits per heavy atom. The van der Waals surface area contributed by atoms with Crippen LogP contribution in [0.15, 0.2) is 180 Å². The second-order valence-electron chi connectivity index (χ2n) is 12.5. The zero-order valence-electron chi connectivity index (χ0n) is 26.5. The highest BCUT2D eigenvalue weighted by molar-refractivity contribution is 7.26. The van der Waals surface area contributed by atoms with Crippen LogP contribution in [-0.4, -0.2) is 0 Å². The SMILES string of the molecule is c1cc(-c2cccc3ccccc23)cc(N(c2ccc(-c3cccc4oc5ccccc5c34)cc2)c2cccc3sc4ccccc4c23)c1. The average Bonchev–Trinajstić information content (AvgIpc) is 3.74. The summed E-state index contributed by atoms with van der Waals surface area (Å²) in [5.41, 5.74) is 9.96. The van der Waals surface area contributed by atoms with Crippen molar-refractivity contribution in [2.45, 2.75) is 0 Å². The first-order chi connectivity index (χ1) is 24.3. The van der Waals surface area contributed by atoms with E-state index >= 15 is 0 Å². The smallest absolute Gasteiger partial charge is 0.136 e. The summed E-state index contributed by atoms with van der Waals surface area (Å²) >= 11 is 1.85. The number of hydrogen-bond acceptors (Lipinski definition) is 3. The molecule has 0 N–H and O–H groups in total. The Hall–Kier alpha value is -6.16. The number of hydrogen-bond donors (Lipinski definition) is 0. The Labute approximate surface area is 287 Å². The van der Waals surface area contributed by atoms with E-state index in [2.05, 4.69) is 169 Å². The van der Waals surface area contributed by atoms with Crippen molar-refractivity contribution >= 4 is 81.3 Å². The molecule has 0 unspecified atom stereocenters. The number of para-hydroxylation sites is 1. The van der Waals surface area contributed by atoms with Crippen molar-refractivity contribution in [1.82, 2.24) is 0 Å². The maximum atomic E-state index is 6.23. The average molecular weight is 644 g/mol. The third-order valence-electron chi connectivity index (χ3n) is 9.67. The molecule has 0 fully saturated rings. The zero-order chi connectivity index (χ0) is 32.3. The van der Waals surface area contributed by atoms with Crippen LogP contribution in [-0.2, 0) is 0 Å². The summed E-state index contributed by atoms with van der Waals surface area (Å²) < 4.78 is 8.81.